The van der Waals surface area contributed by atoms with Crippen molar-refractivity contribution in [3.8, 4) is 5.69 Å². The van der Waals surface area contributed by atoms with E-state index in [1.165, 1.54) is 0 Å². The average Bonchev–Trinajstić information content (AvgIpc) is 2.87. The summed E-state index contributed by atoms with van der Waals surface area (Å²) in [6.07, 6.45) is 0.582. The number of hydrogen-bond acceptors (Lipinski definition) is 3. The van der Waals surface area contributed by atoms with Crippen LogP contribution in [0, 0.1) is 17.5 Å². The van der Waals surface area contributed by atoms with Crippen molar-refractivity contribution >= 4 is 5.78 Å². The molecule has 0 spiro atoms. The Labute approximate surface area is 113 Å². The van der Waals surface area contributed by atoms with Crippen LogP contribution in [0.3, 0.4) is 0 Å². The summed E-state index contributed by atoms with van der Waals surface area (Å²) >= 11 is 0. The van der Waals surface area contributed by atoms with Crippen molar-refractivity contribution in [2.45, 2.75) is 26.7 Å². The van der Waals surface area contributed by atoms with Gasteiger partial charge in [-0.05, 0) is 18.6 Å². The van der Waals surface area contributed by atoms with E-state index in [0.717, 1.165) is 16.8 Å². The third-order valence-electron chi connectivity index (χ3n) is 2.93. The Morgan fingerprint density at radius 3 is 2.50 bits per heavy atom. The molecule has 0 radical (unpaired) electrons. The number of hydrogen-bond donors (Lipinski definition) is 0. The molecular formula is C13H12F3N3O. The molecular weight excluding hydrogens is 271 g/mol. The van der Waals surface area contributed by atoms with Gasteiger partial charge in [0.25, 0.3) is 0 Å². The fourth-order valence-electron chi connectivity index (χ4n) is 1.88. The zero-order valence-electron chi connectivity index (χ0n) is 11.0. The molecule has 2 rings (SSSR count). The monoisotopic (exact) mass is 283 g/mol. The first-order valence-electron chi connectivity index (χ1n) is 6.12. The van der Waals surface area contributed by atoms with Crippen LogP contribution in [-0.4, -0.2) is 20.8 Å². The highest BCUT2D eigenvalue weighted by Crippen LogP contribution is 2.21. The van der Waals surface area contributed by atoms with Crippen LogP contribution in [0.15, 0.2) is 12.1 Å². The molecule has 4 nitrogen and oxygen atoms in total. The minimum absolute atomic E-state index is 0.124. The van der Waals surface area contributed by atoms with Gasteiger partial charge in [-0.2, -0.15) is 0 Å². The Hall–Kier alpha value is -2.18. The highest BCUT2D eigenvalue weighted by atomic mass is 19.2. The lowest BCUT2D eigenvalue weighted by Crippen LogP contribution is -2.09. The van der Waals surface area contributed by atoms with Crippen molar-refractivity contribution in [1.29, 1.82) is 0 Å². The van der Waals surface area contributed by atoms with E-state index in [0.29, 0.717) is 12.1 Å². The summed E-state index contributed by atoms with van der Waals surface area (Å²) in [6.45, 7) is 3.40. The van der Waals surface area contributed by atoms with Gasteiger partial charge in [0.2, 0.25) is 0 Å². The molecule has 0 N–H and O–H groups in total. The van der Waals surface area contributed by atoms with Gasteiger partial charge in [-0.1, -0.05) is 19.1 Å². The Morgan fingerprint density at radius 2 is 1.90 bits per heavy atom. The van der Waals surface area contributed by atoms with Crippen LogP contribution >= 0.6 is 0 Å². The van der Waals surface area contributed by atoms with E-state index in [2.05, 4.69) is 10.3 Å². The van der Waals surface area contributed by atoms with E-state index in [1.54, 1.807) is 13.8 Å². The second kappa shape index (κ2) is 5.44. The smallest absolute Gasteiger partial charge is 0.196 e. The lowest BCUT2D eigenvalue weighted by molar-refractivity contribution is 0.0982. The fourth-order valence-corrected chi connectivity index (χ4v) is 1.88. The maximum absolute atomic E-state index is 13.8. The molecule has 2 aromatic rings. The number of halogens is 3. The first kappa shape index (κ1) is 14.2. The lowest BCUT2D eigenvalue weighted by atomic mass is 10.1. The molecule has 106 valence electrons. The van der Waals surface area contributed by atoms with Crippen molar-refractivity contribution in [1.82, 2.24) is 15.0 Å². The van der Waals surface area contributed by atoms with E-state index in [9.17, 15) is 18.0 Å². The van der Waals surface area contributed by atoms with Crippen LogP contribution in [0.2, 0.25) is 0 Å². The number of ketones is 1. The molecule has 7 heteroatoms. The number of rotatable bonds is 4. The SMILES string of the molecule is CCC(=O)c1nnn(-c2ccc(F)c(F)c2F)c1CC. The molecule has 1 heterocycles. The number of Topliss-reactive ketones (excluding diaryl/α,β-unsaturated/α-hetero) is 1. The lowest BCUT2D eigenvalue weighted by Gasteiger charge is -2.07. The van der Waals surface area contributed by atoms with Gasteiger partial charge in [-0.3, -0.25) is 4.79 Å². The minimum atomic E-state index is -1.58. The van der Waals surface area contributed by atoms with E-state index >= 15 is 0 Å². The second-order valence-electron chi connectivity index (χ2n) is 4.12. The normalized spacial score (nSPS) is 10.8. The molecule has 0 saturated heterocycles. The molecule has 20 heavy (non-hydrogen) atoms. The van der Waals surface area contributed by atoms with Gasteiger partial charge in [0.05, 0.1) is 5.69 Å². The Balaban J connectivity index is 2.62. The third kappa shape index (κ3) is 2.19. The average molecular weight is 283 g/mol. The van der Waals surface area contributed by atoms with Gasteiger partial charge in [-0.15, -0.1) is 5.10 Å². The van der Waals surface area contributed by atoms with E-state index in [4.69, 9.17) is 0 Å². The maximum atomic E-state index is 13.8. The van der Waals surface area contributed by atoms with Gasteiger partial charge in [0.1, 0.15) is 5.69 Å². The van der Waals surface area contributed by atoms with Crippen LogP contribution in [-0.2, 0) is 6.42 Å². The number of carbonyl (C=O) groups is 1. The molecule has 0 amide bonds. The summed E-state index contributed by atoms with van der Waals surface area (Å²) < 4.78 is 41.0. The highest BCUT2D eigenvalue weighted by molar-refractivity contribution is 5.95. The van der Waals surface area contributed by atoms with Crippen LogP contribution in [0.5, 0.6) is 0 Å². The molecule has 0 fully saturated rings. The van der Waals surface area contributed by atoms with E-state index in [-0.39, 0.29) is 23.6 Å². The standard InChI is InChI=1S/C13H12F3N3O/c1-3-8-13(10(20)4-2)17-18-19(8)9-6-5-7(14)11(15)12(9)16/h5-6H,3-4H2,1-2H3. The topological polar surface area (TPSA) is 47.8 Å². The minimum Gasteiger partial charge on any atom is -0.292 e. The van der Waals surface area contributed by atoms with Crippen molar-refractivity contribution in [3.05, 3.63) is 41.0 Å². The van der Waals surface area contributed by atoms with E-state index in [1.807, 2.05) is 0 Å². The Morgan fingerprint density at radius 1 is 1.20 bits per heavy atom. The van der Waals surface area contributed by atoms with E-state index < -0.39 is 17.5 Å². The Bertz CT molecular complexity index is 667. The first-order chi connectivity index (χ1) is 9.51. The molecule has 0 aliphatic carbocycles. The predicted octanol–water partition coefficient (Wildman–Crippen LogP) is 2.84. The summed E-state index contributed by atoms with van der Waals surface area (Å²) in [5, 5.41) is 7.38. The van der Waals surface area contributed by atoms with Crippen molar-refractivity contribution in [2.75, 3.05) is 0 Å². The van der Waals surface area contributed by atoms with Crippen LogP contribution in [0.4, 0.5) is 13.2 Å². The zero-order valence-corrected chi connectivity index (χ0v) is 11.0. The van der Waals surface area contributed by atoms with Gasteiger partial charge < -0.3 is 0 Å². The van der Waals surface area contributed by atoms with Gasteiger partial charge >= 0.3 is 0 Å². The highest BCUT2D eigenvalue weighted by Gasteiger charge is 2.22. The van der Waals surface area contributed by atoms with Crippen molar-refractivity contribution in [3.63, 3.8) is 0 Å². The number of nitrogens with zero attached hydrogens (tertiary/aromatic N) is 3. The summed E-state index contributed by atoms with van der Waals surface area (Å²) in [5.41, 5.74) is 0.212. The number of benzene rings is 1. The van der Waals surface area contributed by atoms with Crippen LogP contribution in [0.1, 0.15) is 36.5 Å². The summed E-state index contributed by atoms with van der Waals surface area (Å²) in [7, 11) is 0. The molecule has 1 aromatic heterocycles. The van der Waals surface area contributed by atoms with Gasteiger partial charge in [-0.25, -0.2) is 17.9 Å². The van der Waals surface area contributed by atoms with Crippen molar-refractivity contribution in [2.24, 2.45) is 0 Å². The van der Waals surface area contributed by atoms with Gasteiger partial charge in [0.15, 0.2) is 28.9 Å². The summed E-state index contributed by atoms with van der Waals surface area (Å²) in [4.78, 5) is 11.7. The second-order valence-corrected chi connectivity index (χ2v) is 4.12. The zero-order chi connectivity index (χ0) is 14.9. The van der Waals surface area contributed by atoms with Crippen LogP contribution < -0.4 is 0 Å². The number of aromatic nitrogens is 3. The Kier molecular flexibility index (Phi) is 3.87. The van der Waals surface area contributed by atoms with Gasteiger partial charge in [0, 0.05) is 6.42 Å². The predicted molar refractivity (Wildman–Crippen MR) is 65.2 cm³/mol. The molecule has 0 saturated carbocycles. The maximum Gasteiger partial charge on any atom is 0.196 e. The quantitative estimate of drug-likeness (QED) is 0.640. The molecule has 0 bridgehead atoms. The fraction of sp³-hybridized carbons (Fsp3) is 0.308. The number of carbonyl (C=O) groups excluding carboxylic acids is 1. The van der Waals surface area contributed by atoms with Crippen LogP contribution in [0.25, 0.3) is 5.69 Å². The molecule has 0 atom stereocenters. The largest absolute Gasteiger partial charge is 0.292 e. The molecule has 0 aliphatic rings. The van der Waals surface area contributed by atoms with Crippen molar-refractivity contribution < 1.29 is 18.0 Å². The summed E-state index contributed by atoms with van der Waals surface area (Å²) in [5.74, 6) is -4.46. The third-order valence-corrected chi connectivity index (χ3v) is 2.93. The molecule has 1 aromatic carbocycles. The molecule has 0 unspecified atom stereocenters. The molecule has 0 aliphatic heterocycles. The first-order valence-corrected chi connectivity index (χ1v) is 6.12. The summed E-state index contributed by atoms with van der Waals surface area (Å²) in [6, 6.07) is 1.86.